The van der Waals surface area contributed by atoms with Gasteiger partial charge in [0.25, 0.3) is 0 Å². The number of hydrogen-bond donors (Lipinski definition) is 2. The van der Waals surface area contributed by atoms with Gasteiger partial charge < -0.3 is 10.6 Å². The number of hydrogen-bond acceptors (Lipinski definition) is 4. The number of carbonyl (C=O) groups is 1. The van der Waals surface area contributed by atoms with Crippen LogP contribution in [0, 0.1) is 5.92 Å². The monoisotopic (exact) mass is 206 g/mol. The predicted octanol–water partition coefficient (Wildman–Crippen LogP) is -0.298. The summed E-state index contributed by atoms with van der Waals surface area (Å²) in [6.07, 6.45) is 2.22. The quantitative estimate of drug-likeness (QED) is 0.710. The highest BCUT2D eigenvalue weighted by Crippen LogP contribution is 2.07. The highest BCUT2D eigenvalue weighted by Gasteiger charge is 2.19. The Labute approximate surface area is 88.3 Å². The molecule has 1 aliphatic rings. The largest absolute Gasteiger partial charge is 0.350 e. The SMILES string of the molecule is O=C(CC1CNC1)NCc1cccnn1. The van der Waals surface area contributed by atoms with Crippen LogP contribution in [0.1, 0.15) is 12.1 Å². The molecule has 1 fully saturated rings. The second-order valence-electron chi connectivity index (χ2n) is 3.72. The molecule has 2 heterocycles. The Bertz CT molecular complexity index is 323. The maximum absolute atomic E-state index is 11.4. The average molecular weight is 206 g/mol. The van der Waals surface area contributed by atoms with Gasteiger partial charge in [0.2, 0.25) is 5.91 Å². The van der Waals surface area contributed by atoms with E-state index in [2.05, 4.69) is 20.8 Å². The first-order valence-corrected chi connectivity index (χ1v) is 5.08. The molecule has 2 N–H and O–H groups in total. The molecule has 0 radical (unpaired) electrons. The molecule has 0 bridgehead atoms. The van der Waals surface area contributed by atoms with Crippen molar-refractivity contribution in [3.05, 3.63) is 24.0 Å². The highest BCUT2D eigenvalue weighted by molar-refractivity contribution is 5.76. The number of rotatable bonds is 4. The molecule has 5 nitrogen and oxygen atoms in total. The fourth-order valence-corrected chi connectivity index (χ4v) is 1.44. The number of amides is 1. The van der Waals surface area contributed by atoms with Crippen LogP contribution in [-0.4, -0.2) is 29.2 Å². The molecule has 1 aromatic heterocycles. The molecule has 0 aromatic carbocycles. The van der Waals surface area contributed by atoms with Gasteiger partial charge in [-0.2, -0.15) is 10.2 Å². The third-order valence-corrected chi connectivity index (χ3v) is 2.43. The number of carbonyl (C=O) groups excluding carboxylic acids is 1. The molecule has 0 saturated carbocycles. The van der Waals surface area contributed by atoms with Crippen LogP contribution < -0.4 is 10.6 Å². The van der Waals surface area contributed by atoms with E-state index in [0.717, 1.165) is 18.8 Å². The maximum Gasteiger partial charge on any atom is 0.220 e. The summed E-state index contributed by atoms with van der Waals surface area (Å²) in [5.74, 6) is 0.596. The molecular weight excluding hydrogens is 192 g/mol. The van der Waals surface area contributed by atoms with E-state index in [1.165, 1.54) is 0 Å². The molecule has 1 saturated heterocycles. The zero-order chi connectivity index (χ0) is 10.5. The first-order chi connectivity index (χ1) is 7.34. The summed E-state index contributed by atoms with van der Waals surface area (Å²) in [6.45, 7) is 2.38. The van der Waals surface area contributed by atoms with E-state index >= 15 is 0 Å². The predicted molar refractivity (Wildman–Crippen MR) is 54.9 cm³/mol. The van der Waals surface area contributed by atoms with Gasteiger partial charge in [0.15, 0.2) is 0 Å². The molecule has 15 heavy (non-hydrogen) atoms. The van der Waals surface area contributed by atoms with Crippen molar-refractivity contribution in [3.63, 3.8) is 0 Å². The van der Waals surface area contributed by atoms with Crippen LogP contribution in [0.15, 0.2) is 18.3 Å². The minimum Gasteiger partial charge on any atom is -0.350 e. The number of nitrogens with one attached hydrogen (secondary N) is 2. The summed E-state index contributed by atoms with van der Waals surface area (Å²) in [7, 11) is 0. The lowest BCUT2D eigenvalue weighted by atomic mass is 9.99. The van der Waals surface area contributed by atoms with Gasteiger partial charge in [0.05, 0.1) is 12.2 Å². The summed E-state index contributed by atoms with van der Waals surface area (Å²) in [5.41, 5.74) is 0.789. The van der Waals surface area contributed by atoms with Crippen LogP contribution in [0.2, 0.25) is 0 Å². The van der Waals surface area contributed by atoms with Crippen molar-refractivity contribution in [2.45, 2.75) is 13.0 Å². The van der Waals surface area contributed by atoms with Crippen LogP contribution >= 0.6 is 0 Å². The molecule has 80 valence electrons. The van der Waals surface area contributed by atoms with Crippen LogP contribution in [0.25, 0.3) is 0 Å². The van der Waals surface area contributed by atoms with E-state index in [-0.39, 0.29) is 5.91 Å². The molecule has 0 spiro atoms. The van der Waals surface area contributed by atoms with E-state index in [0.29, 0.717) is 18.9 Å². The van der Waals surface area contributed by atoms with Gasteiger partial charge in [-0.05, 0) is 31.1 Å². The Balaban J connectivity index is 1.71. The molecule has 0 atom stereocenters. The van der Waals surface area contributed by atoms with Crippen molar-refractivity contribution < 1.29 is 4.79 Å². The third-order valence-electron chi connectivity index (χ3n) is 2.43. The van der Waals surface area contributed by atoms with Crippen LogP contribution in [-0.2, 0) is 11.3 Å². The first-order valence-electron chi connectivity index (χ1n) is 5.08. The molecule has 1 amide bonds. The Morgan fingerprint density at radius 3 is 3.07 bits per heavy atom. The van der Waals surface area contributed by atoms with Gasteiger partial charge in [0, 0.05) is 12.6 Å². The Morgan fingerprint density at radius 1 is 1.60 bits per heavy atom. The van der Waals surface area contributed by atoms with Gasteiger partial charge in [0.1, 0.15) is 0 Å². The van der Waals surface area contributed by atoms with Gasteiger partial charge in [-0.15, -0.1) is 0 Å². The minimum absolute atomic E-state index is 0.0900. The van der Waals surface area contributed by atoms with Gasteiger partial charge >= 0.3 is 0 Å². The lowest BCUT2D eigenvalue weighted by Crippen LogP contribution is -2.44. The fraction of sp³-hybridized carbons (Fsp3) is 0.500. The van der Waals surface area contributed by atoms with Gasteiger partial charge in [-0.25, -0.2) is 0 Å². The van der Waals surface area contributed by atoms with Gasteiger partial charge in [-0.1, -0.05) is 0 Å². The second kappa shape index (κ2) is 4.84. The molecule has 1 aliphatic heterocycles. The number of aromatic nitrogens is 2. The van der Waals surface area contributed by atoms with E-state index < -0.39 is 0 Å². The first kappa shape index (κ1) is 10.0. The van der Waals surface area contributed by atoms with Crippen molar-refractivity contribution in [3.8, 4) is 0 Å². The summed E-state index contributed by atoms with van der Waals surface area (Å²) < 4.78 is 0. The lowest BCUT2D eigenvalue weighted by molar-refractivity contribution is -0.122. The second-order valence-corrected chi connectivity index (χ2v) is 3.72. The normalized spacial score (nSPS) is 15.7. The summed E-state index contributed by atoms with van der Waals surface area (Å²) in [6, 6.07) is 3.66. The topological polar surface area (TPSA) is 66.9 Å². The minimum atomic E-state index is 0.0900. The van der Waals surface area contributed by atoms with E-state index in [9.17, 15) is 4.79 Å². The highest BCUT2D eigenvalue weighted by atomic mass is 16.1. The number of nitrogens with zero attached hydrogens (tertiary/aromatic N) is 2. The zero-order valence-electron chi connectivity index (χ0n) is 8.44. The molecule has 2 rings (SSSR count). The maximum atomic E-state index is 11.4. The lowest BCUT2D eigenvalue weighted by Gasteiger charge is -2.26. The summed E-state index contributed by atoms with van der Waals surface area (Å²) in [5, 5.41) is 13.6. The molecule has 0 aliphatic carbocycles. The van der Waals surface area contributed by atoms with Crippen LogP contribution in [0.4, 0.5) is 0 Å². The third kappa shape index (κ3) is 2.99. The van der Waals surface area contributed by atoms with Crippen LogP contribution in [0.3, 0.4) is 0 Å². The molecular formula is C10H14N4O. The van der Waals surface area contributed by atoms with Gasteiger partial charge in [-0.3, -0.25) is 4.79 Å². The zero-order valence-corrected chi connectivity index (χ0v) is 8.44. The van der Waals surface area contributed by atoms with E-state index in [4.69, 9.17) is 0 Å². The standard InChI is InChI=1S/C10H14N4O/c15-10(4-8-5-11-6-8)12-7-9-2-1-3-13-14-9/h1-3,8,11H,4-7H2,(H,12,15). The van der Waals surface area contributed by atoms with E-state index in [1.54, 1.807) is 6.20 Å². The average Bonchev–Trinajstić information content (AvgIpc) is 2.22. The Kier molecular flexibility index (Phi) is 3.24. The Hall–Kier alpha value is -1.49. The summed E-state index contributed by atoms with van der Waals surface area (Å²) in [4.78, 5) is 11.4. The van der Waals surface area contributed by atoms with Crippen molar-refractivity contribution >= 4 is 5.91 Å². The molecule has 1 aromatic rings. The van der Waals surface area contributed by atoms with Crippen molar-refractivity contribution in [1.29, 1.82) is 0 Å². The molecule has 0 unspecified atom stereocenters. The van der Waals surface area contributed by atoms with Crippen LogP contribution in [0.5, 0.6) is 0 Å². The molecule has 5 heteroatoms. The van der Waals surface area contributed by atoms with Crippen molar-refractivity contribution in [2.24, 2.45) is 5.92 Å². The van der Waals surface area contributed by atoms with Crippen molar-refractivity contribution in [2.75, 3.05) is 13.1 Å². The van der Waals surface area contributed by atoms with E-state index in [1.807, 2.05) is 12.1 Å². The Morgan fingerprint density at radius 2 is 2.47 bits per heavy atom. The fourth-order valence-electron chi connectivity index (χ4n) is 1.44. The van der Waals surface area contributed by atoms with Crippen molar-refractivity contribution in [1.82, 2.24) is 20.8 Å². The smallest absolute Gasteiger partial charge is 0.220 e. The summed E-state index contributed by atoms with van der Waals surface area (Å²) >= 11 is 0.